The molecule has 0 aromatic carbocycles. The average molecular weight is 299 g/mol. The lowest BCUT2D eigenvalue weighted by atomic mass is 10.1. The summed E-state index contributed by atoms with van der Waals surface area (Å²) in [6.45, 7) is 6.16. The van der Waals surface area contributed by atoms with Crippen LogP contribution < -0.4 is 0 Å². The van der Waals surface area contributed by atoms with Crippen molar-refractivity contribution in [3.8, 4) is 5.82 Å². The van der Waals surface area contributed by atoms with Gasteiger partial charge in [-0.2, -0.15) is 10.2 Å². The predicted molar refractivity (Wildman–Crippen MR) is 77.0 cm³/mol. The second-order valence-corrected chi connectivity index (χ2v) is 5.52. The highest BCUT2D eigenvalue weighted by molar-refractivity contribution is 6.31. The van der Waals surface area contributed by atoms with Crippen LogP contribution >= 0.6 is 23.2 Å². The summed E-state index contributed by atoms with van der Waals surface area (Å²) in [6.07, 6.45) is 0.841. The second kappa shape index (κ2) is 5.88. The highest BCUT2D eigenvalue weighted by atomic mass is 35.5. The Bertz CT molecular complexity index is 561. The minimum atomic E-state index is 0.347. The van der Waals surface area contributed by atoms with Gasteiger partial charge in [0.05, 0.1) is 17.3 Å². The third kappa shape index (κ3) is 3.07. The Labute approximate surface area is 122 Å². The van der Waals surface area contributed by atoms with Gasteiger partial charge in [-0.15, -0.1) is 16.7 Å². The third-order valence-corrected chi connectivity index (χ3v) is 3.40. The molecule has 0 atom stereocenters. The van der Waals surface area contributed by atoms with Crippen LogP contribution in [-0.2, 0) is 12.3 Å². The molecule has 0 aliphatic heterocycles. The Kier molecular flexibility index (Phi) is 4.42. The van der Waals surface area contributed by atoms with Crippen LogP contribution in [0.2, 0.25) is 5.15 Å². The summed E-state index contributed by atoms with van der Waals surface area (Å²) in [5.74, 6) is 1.45. The summed E-state index contributed by atoms with van der Waals surface area (Å²) in [4.78, 5) is 0. The van der Waals surface area contributed by atoms with Crippen LogP contribution in [0, 0.1) is 12.8 Å². The molecule has 0 saturated heterocycles. The number of alkyl halides is 1. The van der Waals surface area contributed by atoms with E-state index in [0.717, 1.165) is 23.4 Å². The van der Waals surface area contributed by atoms with Crippen LogP contribution in [-0.4, -0.2) is 20.0 Å². The van der Waals surface area contributed by atoms with Crippen LogP contribution in [0.1, 0.15) is 30.8 Å². The first-order valence-electron chi connectivity index (χ1n) is 6.16. The molecular weight excluding hydrogens is 283 g/mol. The zero-order chi connectivity index (χ0) is 14.0. The lowest BCUT2D eigenvalue weighted by Crippen LogP contribution is -2.03. The number of aryl methyl sites for hydroxylation is 1. The van der Waals surface area contributed by atoms with Gasteiger partial charge < -0.3 is 0 Å². The van der Waals surface area contributed by atoms with Crippen molar-refractivity contribution in [1.82, 2.24) is 20.0 Å². The molecule has 2 aromatic rings. The molecule has 19 heavy (non-hydrogen) atoms. The number of aromatic nitrogens is 4. The quantitative estimate of drug-likeness (QED) is 0.811. The number of rotatable bonds is 4. The monoisotopic (exact) mass is 298 g/mol. The number of halogens is 2. The summed E-state index contributed by atoms with van der Waals surface area (Å²) < 4.78 is 1.60. The molecule has 2 rings (SSSR count). The normalized spacial score (nSPS) is 11.3. The zero-order valence-corrected chi connectivity index (χ0v) is 12.7. The molecule has 0 bridgehead atoms. The minimum Gasteiger partial charge on any atom is -0.201 e. The first-order chi connectivity index (χ1) is 9.02. The Morgan fingerprint density at radius 3 is 2.53 bits per heavy atom. The van der Waals surface area contributed by atoms with E-state index in [1.807, 2.05) is 19.1 Å². The van der Waals surface area contributed by atoms with Gasteiger partial charge >= 0.3 is 0 Å². The van der Waals surface area contributed by atoms with E-state index in [9.17, 15) is 0 Å². The highest BCUT2D eigenvalue weighted by Crippen LogP contribution is 2.26. The molecule has 0 radical (unpaired) electrons. The maximum absolute atomic E-state index is 6.34. The SMILES string of the molecule is Cc1ccc(-n2nc(CC(C)C)c(CCl)c2Cl)nn1. The molecule has 0 aliphatic carbocycles. The van der Waals surface area contributed by atoms with Crippen molar-refractivity contribution in [2.24, 2.45) is 5.92 Å². The van der Waals surface area contributed by atoms with Gasteiger partial charge in [0, 0.05) is 5.56 Å². The molecule has 0 fully saturated rings. The van der Waals surface area contributed by atoms with Crippen molar-refractivity contribution in [1.29, 1.82) is 0 Å². The van der Waals surface area contributed by atoms with Crippen LogP contribution in [0.15, 0.2) is 12.1 Å². The lowest BCUT2D eigenvalue weighted by Gasteiger charge is -2.02. The fraction of sp³-hybridized carbons (Fsp3) is 0.462. The Morgan fingerprint density at radius 1 is 1.26 bits per heavy atom. The van der Waals surface area contributed by atoms with Gasteiger partial charge in [-0.3, -0.25) is 0 Å². The Balaban J connectivity index is 2.46. The first-order valence-corrected chi connectivity index (χ1v) is 7.07. The topological polar surface area (TPSA) is 43.6 Å². The summed E-state index contributed by atoms with van der Waals surface area (Å²) in [6, 6.07) is 3.72. The van der Waals surface area contributed by atoms with Crippen molar-refractivity contribution >= 4 is 23.2 Å². The van der Waals surface area contributed by atoms with Crippen LogP contribution in [0.3, 0.4) is 0 Å². The fourth-order valence-electron chi connectivity index (χ4n) is 1.81. The number of hydrogen-bond donors (Lipinski definition) is 0. The van der Waals surface area contributed by atoms with Crippen molar-refractivity contribution in [2.45, 2.75) is 33.1 Å². The van der Waals surface area contributed by atoms with E-state index in [2.05, 4.69) is 29.1 Å². The van der Waals surface area contributed by atoms with Crippen molar-refractivity contribution < 1.29 is 0 Å². The van der Waals surface area contributed by atoms with Crippen molar-refractivity contribution in [3.63, 3.8) is 0 Å². The van der Waals surface area contributed by atoms with Gasteiger partial charge in [0.15, 0.2) is 5.82 Å². The molecular formula is C13H16Cl2N4. The Hall–Kier alpha value is -1.13. The molecule has 0 aliphatic rings. The van der Waals surface area contributed by atoms with Gasteiger partial charge in [0.1, 0.15) is 5.15 Å². The van der Waals surface area contributed by atoms with Crippen molar-refractivity contribution in [3.05, 3.63) is 34.2 Å². The van der Waals surface area contributed by atoms with E-state index in [-0.39, 0.29) is 0 Å². The maximum atomic E-state index is 6.34. The van der Waals surface area contributed by atoms with E-state index >= 15 is 0 Å². The van der Waals surface area contributed by atoms with Crippen LogP contribution in [0.5, 0.6) is 0 Å². The molecule has 0 saturated carbocycles. The molecule has 0 N–H and O–H groups in total. The molecule has 4 nitrogen and oxygen atoms in total. The van der Waals surface area contributed by atoms with Gasteiger partial charge in [0.2, 0.25) is 0 Å². The van der Waals surface area contributed by atoms with Gasteiger partial charge in [0.25, 0.3) is 0 Å². The van der Waals surface area contributed by atoms with Crippen molar-refractivity contribution in [2.75, 3.05) is 0 Å². The molecule has 6 heteroatoms. The third-order valence-electron chi connectivity index (χ3n) is 2.74. The summed E-state index contributed by atoms with van der Waals surface area (Å²) in [5, 5.41) is 13.2. The van der Waals surface area contributed by atoms with Gasteiger partial charge in [-0.1, -0.05) is 25.4 Å². The van der Waals surface area contributed by atoms with Gasteiger partial charge in [-0.05, 0) is 31.4 Å². The smallest absolute Gasteiger partial charge is 0.177 e. The molecule has 102 valence electrons. The van der Waals surface area contributed by atoms with Gasteiger partial charge in [-0.25, -0.2) is 4.68 Å². The molecule has 0 unspecified atom stereocenters. The fourth-order valence-corrected chi connectivity index (χ4v) is 2.46. The maximum Gasteiger partial charge on any atom is 0.177 e. The highest BCUT2D eigenvalue weighted by Gasteiger charge is 2.18. The minimum absolute atomic E-state index is 0.347. The number of hydrogen-bond acceptors (Lipinski definition) is 3. The first kappa shape index (κ1) is 14.3. The lowest BCUT2D eigenvalue weighted by molar-refractivity contribution is 0.624. The zero-order valence-electron chi connectivity index (χ0n) is 11.2. The van der Waals surface area contributed by atoms with E-state index < -0.39 is 0 Å². The summed E-state index contributed by atoms with van der Waals surface area (Å²) >= 11 is 12.3. The Morgan fingerprint density at radius 2 is 2.00 bits per heavy atom. The van der Waals surface area contributed by atoms with E-state index in [0.29, 0.717) is 22.8 Å². The molecule has 2 aromatic heterocycles. The molecule has 2 heterocycles. The largest absolute Gasteiger partial charge is 0.201 e. The van der Waals surface area contributed by atoms with E-state index in [1.165, 1.54) is 0 Å². The standard InChI is InChI=1S/C13H16Cl2N4/c1-8(2)6-11-10(7-14)13(15)19(18-11)12-5-4-9(3)16-17-12/h4-5,8H,6-7H2,1-3H3. The van der Waals surface area contributed by atoms with Crippen LogP contribution in [0.25, 0.3) is 5.82 Å². The molecule has 0 spiro atoms. The van der Waals surface area contributed by atoms with Crippen LogP contribution in [0.4, 0.5) is 0 Å². The van der Waals surface area contributed by atoms with E-state index in [4.69, 9.17) is 23.2 Å². The average Bonchev–Trinajstić information content (AvgIpc) is 2.66. The molecule has 0 amide bonds. The van der Waals surface area contributed by atoms with E-state index in [1.54, 1.807) is 4.68 Å². The summed E-state index contributed by atoms with van der Waals surface area (Å²) in [5.41, 5.74) is 2.66. The summed E-state index contributed by atoms with van der Waals surface area (Å²) in [7, 11) is 0. The second-order valence-electron chi connectivity index (χ2n) is 4.89. The number of nitrogens with zero attached hydrogens (tertiary/aromatic N) is 4. The predicted octanol–water partition coefficient (Wildman–Crippen LogP) is 3.56.